The van der Waals surface area contributed by atoms with Crippen molar-refractivity contribution < 1.29 is 33.6 Å². The number of amides is 1. The molecule has 0 radical (unpaired) electrons. The second-order valence-corrected chi connectivity index (χ2v) is 8.70. The van der Waals surface area contributed by atoms with E-state index in [1.54, 1.807) is 54.6 Å². The van der Waals surface area contributed by atoms with Crippen LogP contribution in [0.2, 0.25) is 5.02 Å². The fourth-order valence-electron chi connectivity index (χ4n) is 4.38. The lowest BCUT2D eigenvalue weighted by Gasteiger charge is -2.26. The van der Waals surface area contributed by atoms with Crippen LogP contribution in [0.5, 0.6) is 23.0 Å². The van der Waals surface area contributed by atoms with E-state index in [4.69, 9.17) is 30.5 Å². The molecule has 0 aliphatic carbocycles. The molecule has 1 atom stereocenters. The number of aliphatic hydroxyl groups excluding tert-OH is 1. The van der Waals surface area contributed by atoms with Crippen LogP contribution in [0.25, 0.3) is 5.76 Å². The van der Waals surface area contributed by atoms with Gasteiger partial charge in [-0.1, -0.05) is 23.7 Å². The maximum absolute atomic E-state index is 13.5. The molecular formula is C29H28ClNO7. The second-order valence-electron chi connectivity index (χ2n) is 8.29. The van der Waals surface area contributed by atoms with Crippen LogP contribution in [-0.4, -0.2) is 44.2 Å². The number of carbonyl (C=O) groups is 2. The number of anilines is 1. The smallest absolute Gasteiger partial charge is 0.300 e. The van der Waals surface area contributed by atoms with Gasteiger partial charge in [0.25, 0.3) is 11.7 Å². The van der Waals surface area contributed by atoms with Gasteiger partial charge in [0.1, 0.15) is 17.3 Å². The fraction of sp³-hybridized carbons (Fsp3) is 0.241. The first-order valence-electron chi connectivity index (χ1n) is 12.0. The van der Waals surface area contributed by atoms with Gasteiger partial charge in [0.05, 0.1) is 44.1 Å². The lowest BCUT2D eigenvalue weighted by atomic mass is 9.94. The summed E-state index contributed by atoms with van der Waals surface area (Å²) >= 11 is 6.23. The summed E-state index contributed by atoms with van der Waals surface area (Å²) in [6.45, 7) is 4.38. The van der Waals surface area contributed by atoms with Crippen LogP contribution in [0.15, 0.2) is 66.2 Å². The van der Waals surface area contributed by atoms with Gasteiger partial charge in [-0.05, 0) is 61.9 Å². The third kappa shape index (κ3) is 4.99. The summed E-state index contributed by atoms with van der Waals surface area (Å²) < 4.78 is 22.1. The van der Waals surface area contributed by atoms with Gasteiger partial charge in [-0.15, -0.1) is 0 Å². The molecule has 1 N–H and O–H groups in total. The Labute approximate surface area is 225 Å². The Bertz CT molecular complexity index is 1400. The number of hydrogen-bond acceptors (Lipinski definition) is 7. The number of hydrogen-bond donors (Lipinski definition) is 1. The molecule has 0 spiro atoms. The molecule has 1 aliphatic rings. The molecule has 1 unspecified atom stereocenters. The molecule has 1 fully saturated rings. The van der Waals surface area contributed by atoms with Crippen molar-refractivity contribution in [2.45, 2.75) is 19.9 Å². The summed E-state index contributed by atoms with van der Waals surface area (Å²) in [6, 6.07) is 15.6. The highest BCUT2D eigenvalue weighted by Gasteiger charge is 2.47. The zero-order valence-corrected chi connectivity index (χ0v) is 22.2. The molecule has 1 heterocycles. The lowest BCUT2D eigenvalue weighted by molar-refractivity contribution is -0.132. The highest BCUT2D eigenvalue weighted by atomic mass is 35.5. The zero-order chi connectivity index (χ0) is 27.4. The molecule has 9 heteroatoms. The van der Waals surface area contributed by atoms with Crippen LogP contribution in [0.3, 0.4) is 0 Å². The average Bonchev–Trinajstić information content (AvgIpc) is 3.19. The third-order valence-electron chi connectivity index (χ3n) is 6.08. The van der Waals surface area contributed by atoms with E-state index in [2.05, 4.69) is 0 Å². The highest BCUT2D eigenvalue weighted by Crippen LogP contribution is 2.45. The van der Waals surface area contributed by atoms with Crippen molar-refractivity contribution in [2.24, 2.45) is 0 Å². The number of benzene rings is 3. The molecule has 198 valence electrons. The Balaban J connectivity index is 1.96. The third-order valence-corrected chi connectivity index (χ3v) is 6.40. The van der Waals surface area contributed by atoms with Crippen LogP contribution in [-0.2, 0) is 9.59 Å². The van der Waals surface area contributed by atoms with Crippen LogP contribution < -0.4 is 23.8 Å². The summed E-state index contributed by atoms with van der Waals surface area (Å²) in [5.41, 5.74) is 1.16. The molecule has 0 saturated carbocycles. The minimum atomic E-state index is -0.974. The largest absolute Gasteiger partial charge is 0.507 e. The molecule has 1 amide bonds. The maximum atomic E-state index is 13.5. The summed E-state index contributed by atoms with van der Waals surface area (Å²) in [5.74, 6) is -0.201. The van der Waals surface area contributed by atoms with E-state index in [0.717, 1.165) is 0 Å². The molecule has 1 saturated heterocycles. The second kappa shape index (κ2) is 11.5. The number of nitrogens with zero attached hydrogens (tertiary/aromatic N) is 1. The quantitative estimate of drug-likeness (QED) is 0.210. The van der Waals surface area contributed by atoms with Gasteiger partial charge in [0, 0.05) is 17.3 Å². The Hall–Kier alpha value is -4.17. The van der Waals surface area contributed by atoms with Crippen molar-refractivity contribution >= 4 is 34.7 Å². The van der Waals surface area contributed by atoms with Crippen LogP contribution >= 0.6 is 11.6 Å². The van der Waals surface area contributed by atoms with Crippen LogP contribution in [0.4, 0.5) is 5.69 Å². The molecule has 3 aromatic rings. The predicted molar refractivity (Wildman–Crippen MR) is 145 cm³/mol. The lowest BCUT2D eigenvalue weighted by Crippen LogP contribution is -2.29. The van der Waals surface area contributed by atoms with Gasteiger partial charge >= 0.3 is 0 Å². The monoisotopic (exact) mass is 537 g/mol. The first kappa shape index (κ1) is 26.9. The van der Waals surface area contributed by atoms with Crippen molar-refractivity contribution in [1.82, 2.24) is 0 Å². The Morgan fingerprint density at radius 3 is 2.32 bits per heavy atom. The van der Waals surface area contributed by atoms with Crippen molar-refractivity contribution in [2.75, 3.05) is 32.3 Å². The molecule has 8 nitrogen and oxygen atoms in total. The fourth-order valence-corrected chi connectivity index (χ4v) is 4.55. The van der Waals surface area contributed by atoms with Gasteiger partial charge < -0.3 is 24.1 Å². The topological polar surface area (TPSA) is 94.5 Å². The number of halogens is 1. The average molecular weight is 538 g/mol. The number of carbonyl (C=O) groups excluding carboxylic acids is 2. The van der Waals surface area contributed by atoms with Gasteiger partial charge in [-0.25, -0.2) is 0 Å². The highest BCUT2D eigenvalue weighted by molar-refractivity contribution is 6.51. The van der Waals surface area contributed by atoms with Crippen LogP contribution in [0.1, 0.15) is 31.0 Å². The Morgan fingerprint density at radius 1 is 0.895 bits per heavy atom. The number of aliphatic hydroxyl groups is 1. The van der Waals surface area contributed by atoms with E-state index in [-0.39, 0.29) is 16.9 Å². The van der Waals surface area contributed by atoms with E-state index in [1.165, 1.54) is 25.2 Å². The number of ether oxygens (including phenoxy) is 4. The van der Waals surface area contributed by atoms with Crippen molar-refractivity contribution in [3.63, 3.8) is 0 Å². The molecule has 3 aromatic carbocycles. The number of ketones is 1. The summed E-state index contributed by atoms with van der Waals surface area (Å²) in [4.78, 5) is 28.3. The SMILES string of the molecule is CCOc1cc(/C(O)=C2/C(=O)C(=O)N(c3cccc(OC)c3)C2c2ccc(OC)c(OCC)c2)ccc1Cl. The Morgan fingerprint density at radius 2 is 1.63 bits per heavy atom. The van der Waals surface area contributed by atoms with Gasteiger partial charge in [0.2, 0.25) is 0 Å². The summed E-state index contributed by atoms with van der Waals surface area (Å²) in [7, 11) is 3.04. The summed E-state index contributed by atoms with van der Waals surface area (Å²) in [5, 5.41) is 11.8. The first-order chi connectivity index (χ1) is 18.3. The number of methoxy groups -OCH3 is 2. The van der Waals surface area contributed by atoms with E-state index in [1.807, 2.05) is 13.8 Å². The molecule has 0 aromatic heterocycles. The van der Waals surface area contributed by atoms with Gasteiger partial charge in [-0.2, -0.15) is 0 Å². The van der Waals surface area contributed by atoms with Crippen molar-refractivity contribution in [3.8, 4) is 23.0 Å². The van der Waals surface area contributed by atoms with Crippen LogP contribution in [0, 0.1) is 0 Å². The van der Waals surface area contributed by atoms with E-state index < -0.39 is 17.7 Å². The molecule has 38 heavy (non-hydrogen) atoms. The zero-order valence-electron chi connectivity index (χ0n) is 21.5. The number of rotatable bonds is 9. The van der Waals surface area contributed by atoms with E-state index >= 15 is 0 Å². The van der Waals surface area contributed by atoms with E-state index in [0.29, 0.717) is 52.5 Å². The minimum Gasteiger partial charge on any atom is -0.507 e. The maximum Gasteiger partial charge on any atom is 0.300 e. The normalized spacial score (nSPS) is 16.4. The first-order valence-corrected chi connectivity index (χ1v) is 12.4. The summed E-state index contributed by atoms with van der Waals surface area (Å²) in [6.07, 6.45) is 0. The standard InChI is InChI=1S/C29H28ClNO7/c1-5-37-23-15-18(10-12-21(23)30)27(32)25-26(17-11-13-22(36-4)24(14-17)38-6-2)31(29(34)28(25)33)19-8-7-9-20(16-19)35-3/h7-16,26,32H,5-6H2,1-4H3/b27-25-. The van der Waals surface area contributed by atoms with Gasteiger partial charge in [0.15, 0.2) is 11.5 Å². The molecule has 4 rings (SSSR count). The molecular weight excluding hydrogens is 510 g/mol. The van der Waals surface area contributed by atoms with Crippen molar-refractivity contribution in [3.05, 3.63) is 82.4 Å². The Kier molecular flexibility index (Phi) is 8.12. The number of Topliss-reactive ketones (excluding diaryl/α,β-unsaturated/α-hetero) is 1. The van der Waals surface area contributed by atoms with E-state index in [9.17, 15) is 14.7 Å². The molecule has 1 aliphatic heterocycles. The molecule has 0 bridgehead atoms. The minimum absolute atomic E-state index is 0.0878. The van der Waals surface area contributed by atoms with Gasteiger partial charge in [-0.3, -0.25) is 14.5 Å². The predicted octanol–water partition coefficient (Wildman–Crippen LogP) is 5.78. The van der Waals surface area contributed by atoms with Crippen molar-refractivity contribution in [1.29, 1.82) is 0 Å².